The molecule has 29 heavy (non-hydrogen) atoms. The molecule has 0 spiro atoms. The third kappa shape index (κ3) is 5.47. The van der Waals surface area contributed by atoms with Gasteiger partial charge in [-0.2, -0.15) is 0 Å². The Morgan fingerprint density at radius 1 is 1.21 bits per heavy atom. The average Bonchev–Trinajstić information content (AvgIpc) is 3.06. The van der Waals surface area contributed by atoms with Crippen LogP contribution in [-0.2, 0) is 11.4 Å². The van der Waals surface area contributed by atoms with E-state index < -0.39 is 5.82 Å². The molecule has 0 aliphatic rings. The number of hydrogen-bond donors (Lipinski definition) is 2. The first-order valence-electron chi connectivity index (χ1n) is 9.03. The van der Waals surface area contributed by atoms with Gasteiger partial charge in [0, 0.05) is 5.69 Å². The van der Waals surface area contributed by atoms with E-state index in [1.807, 2.05) is 24.3 Å². The monoisotopic (exact) mass is 415 g/mol. The SMILES string of the molecule is CC(C)c1ccc(NC(=O)CSc2nnc(COc3ccccc3F)n2N)cc1. The van der Waals surface area contributed by atoms with Crippen LogP contribution in [0.25, 0.3) is 0 Å². The second kappa shape index (κ2) is 9.42. The predicted molar refractivity (Wildman–Crippen MR) is 111 cm³/mol. The van der Waals surface area contributed by atoms with Crippen molar-refractivity contribution in [2.75, 3.05) is 16.9 Å². The number of para-hydroxylation sites is 1. The molecule has 1 amide bonds. The van der Waals surface area contributed by atoms with Gasteiger partial charge in [-0.1, -0.05) is 49.9 Å². The van der Waals surface area contributed by atoms with Gasteiger partial charge in [-0.3, -0.25) is 4.79 Å². The molecule has 3 N–H and O–H groups in total. The van der Waals surface area contributed by atoms with Crippen molar-refractivity contribution in [3.63, 3.8) is 0 Å². The Morgan fingerprint density at radius 2 is 1.93 bits per heavy atom. The van der Waals surface area contributed by atoms with Gasteiger partial charge in [-0.25, -0.2) is 9.07 Å². The van der Waals surface area contributed by atoms with Gasteiger partial charge in [0.25, 0.3) is 0 Å². The Bertz CT molecular complexity index is 975. The topological polar surface area (TPSA) is 95.1 Å². The summed E-state index contributed by atoms with van der Waals surface area (Å²) in [7, 11) is 0. The second-order valence-electron chi connectivity index (χ2n) is 6.60. The van der Waals surface area contributed by atoms with Gasteiger partial charge in [0.15, 0.2) is 17.4 Å². The van der Waals surface area contributed by atoms with Crippen molar-refractivity contribution in [2.45, 2.75) is 31.5 Å². The van der Waals surface area contributed by atoms with E-state index in [2.05, 4.69) is 29.4 Å². The quantitative estimate of drug-likeness (QED) is 0.431. The predicted octanol–water partition coefficient (Wildman–Crippen LogP) is 3.56. The Hall–Kier alpha value is -3.07. The van der Waals surface area contributed by atoms with Crippen molar-refractivity contribution in [2.24, 2.45) is 0 Å². The summed E-state index contributed by atoms with van der Waals surface area (Å²) in [6.07, 6.45) is 0. The van der Waals surface area contributed by atoms with Crippen molar-refractivity contribution < 1.29 is 13.9 Å². The summed E-state index contributed by atoms with van der Waals surface area (Å²) in [5, 5.41) is 11.1. The molecule has 3 aromatic rings. The van der Waals surface area contributed by atoms with Gasteiger partial charge < -0.3 is 15.9 Å². The molecule has 0 unspecified atom stereocenters. The minimum absolute atomic E-state index is 0.0423. The number of aromatic nitrogens is 3. The van der Waals surface area contributed by atoms with Crippen molar-refractivity contribution in [3.8, 4) is 5.75 Å². The molecule has 1 aromatic heterocycles. The zero-order valence-electron chi connectivity index (χ0n) is 16.1. The zero-order chi connectivity index (χ0) is 20.8. The maximum absolute atomic E-state index is 13.6. The molecule has 0 saturated heterocycles. The van der Waals surface area contributed by atoms with Crippen molar-refractivity contribution in [1.29, 1.82) is 0 Å². The molecule has 152 valence electrons. The van der Waals surface area contributed by atoms with E-state index in [-0.39, 0.29) is 24.0 Å². The molecule has 0 atom stereocenters. The third-order valence-electron chi connectivity index (χ3n) is 4.12. The molecule has 0 bridgehead atoms. The lowest BCUT2D eigenvalue weighted by Crippen LogP contribution is -2.18. The lowest BCUT2D eigenvalue weighted by atomic mass is 10.0. The first kappa shape index (κ1) is 20.7. The first-order chi connectivity index (χ1) is 13.9. The van der Waals surface area contributed by atoms with Crippen LogP contribution in [0.5, 0.6) is 5.75 Å². The Balaban J connectivity index is 1.51. The first-order valence-corrected chi connectivity index (χ1v) is 10.0. The molecule has 0 aliphatic heterocycles. The number of nitrogens with one attached hydrogen (secondary N) is 1. The Morgan fingerprint density at radius 3 is 2.62 bits per heavy atom. The number of nitrogens with two attached hydrogens (primary N) is 1. The van der Waals surface area contributed by atoms with Crippen LogP contribution >= 0.6 is 11.8 Å². The fourth-order valence-electron chi connectivity index (χ4n) is 2.49. The van der Waals surface area contributed by atoms with Gasteiger partial charge >= 0.3 is 0 Å². The maximum Gasteiger partial charge on any atom is 0.234 e. The van der Waals surface area contributed by atoms with Crippen LogP contribution in [0.2, 0.25) is 0 Å². The van der Waals surface area contributed by atoms with E-state index in [9.17, 15) is 9.18 Å². The number of carbonyl (C=O) groups is 1. The minimum Gasteiger partial charge on any atom is -0.482 e. The Labute approximate surface area is 172 Å². The lowest BCUT2D eigenvalue weighted by molar-refractivity contribution is -0.113. The summed E-state index contributed by atoms with van der Waals surface area (Å²) >= 11 is 1.15. The van der Waals surface area contributed by atoms with E-state index in [4.69, 9.17) is 10.6 Å². The normalized spacial score (nSPS) is 10.9. The number of nitrogen functional groups attached to an aromatic ring is 1. The van der Waals surface area contributed by atoms with E-state index in [0.29, 0.717) is 16.9 Å². The smallest absolute Gasteiger partial charge is 0.234 e. The van der Waals surface area contributed by atoms with Gasteiger partial charge in [0.05, 0.1) is 5.75 Å². The van der Waals surface area contributed by atoms with Gasteiger partial charge in [0.2, 0.25) is 11.1 Å². The number of benzene rings is 2. The van der Waals surface area contributed by atoms with E-state index >= 15 is 0 Å². The summed E-state index contributed by atoms with van der Waals surface area (Å²) in [6, 6.07) is 13.8. The highest BCUT2D eigenvalue weighted by Crippen LogP contribution is 2.20. The number of ether oxygens (including phenoxy) is 1. The number of rotatable bonds is 8. The highest BCUT2D eigenvalue weighted by atomic mass is 32.2. The highest BCUT2D eigenvalue weighted by Gasteiger charge is 2.14. The lowest BCUT2D eigenvalue weighted by Gasteiger charge is -2.08. The zero-order valence-corrected chi connectivity index (χ0v) is 16.9. The van der Waals surface area contributed by atoms with Crippen LogP contribution < -0.4 is 15.9 Å². The fraction of sp³-hybridized carbons (Fsp3) is 0.250. The van der Waals surface area contributed by atoms with Crippen LogP contribution in [0.3, 0.4) is 0 Å². The van der Waals surface area contributed by atoms with Crippen LogP contribution in [0.1, 0.15) is 31.2 Å². The van der Waals surface area contributed by atoms with Gasteiger partial charge in [0.1, 0.15) is 6.61 Å². The van der Waals surface area contributed by atoms with Crippen molar-refractivity contribution >= 4 is 23.4 Å². The largest absolute Gasteiger partial charge is 0.482 e. The molecule has 0 aliphatic carbocycles. The van der Waals surface area contributed by atoms with Crippen LogP contribution in [-0.4, -0.2) is 26.5 Å². The second-order valence-corrected chi connectivity index (χ2v) is 7.54. The molecule has 2 aromatic carbocycles. The maximum atomic E-state index is 13.6. The average molecular weight is 415 g/mol. The number of nitrogens with zero attached hydrogens (tertiary/aromatic N) is 3. The van der Waals surface area contributed by atoms with Crippen LogP contribution in [0, 0.1) is 5.82 Å². The molecule has 0 saturated carbocycles. The van der Waals surface area contributed by atoms with E-state index in [1.54, 1.807) is 12.1 Å². The molecule has 3 rings (SSSR count). The van der Waals surface area contributed by atoms with E-state index in [0.717, 1.165) is 17.4 Å². The molecular weight excluding hydrogens is 393 g/mol. The number of anilines is 1. The minimum atomic E-state index is -0.469. The van der Waals surface area contributed by atoms with Crippen LogP contribution in [0.4, 0.5) is 10.1 Å². The van der Waals surface area contributed by atoms with E-state index in [1.165, 1.54) is 22.4 Å². The summed E-state index contributed by atoms with van der Waals surface area (Å²) in [5.74, 6) is 6.28. The third-order valence-corrected chi connectivity index (χ3v) is 5.07. The number of carbonyl (C=O) groups excluding carboxylic acids is 1. The number of hydrogen-bond acceptors (Lipinski definition) is 6. The molecular formula is C20H22FN5O2S. The van der Waals surface area contributed by atoms with Crippen molar-refractivity contribution in [3.05, 3.63) is 65.7 Å². The summed E-state index contributed by atoms with van der Waals surface area (Å²) in [6.45, 7) is 4.19. The molecule has 0 radical (unpaired) electrons. The summed E-state index contributed by atoms with van der Waals surface area (Å²) < 4.78 is 20.2. The summed E-state index contributed by atoms with van der Waals surface area (Å²) in [4.78, 5) is 12.2. The highest BCUT2D eigenvalue weighted by molar-refractivity contribution is 7.99. The fourth-order valence-corrected chi connectivity index (χ4v) is 3.16. The molecule has 0 fully saturated rings. The van der Waals surface area contributed by atoms with Crippen molar-refractivity contribution in [1.82, 2.24) is 14.9 Å². The molecule has 1 heterocycles. The summed E-state index contributed by atoms with van der Waals surface area (Å²) in [5.41, 5.74) is 1.94. The van der Waals surface area contributed by atoms with Crippen LogP contribution in [0.15, 0.2) is 53.7 Å². The molecule has 7 nitrogen and oxygen atoms in total. The molecule has 9 heteroatoms. The Kier molecular flexibility index (Phi) is 6.71. The van der Waals surface area contributed by atoms with Gasteiger partial charge in [-0.15, -0.1) is 10.2 Å². The standard InChI is InChI=1S/C20H22FN5O2S/c1-13(2)14-7-9-15(10-8-14)23-19(27)12-29-20-25-24-18(26(20)22)11-28-17-6-4-3-5-16(17)21/h3-10,13H,11-12,22H2,1-2H3,(H,23,27). The number of amides is 1. The number of thioether (sulfide) groups is 1. The van der Waals surface area contributed by atoms with Gasteiger partial charge in [-0.05, 0) is 35.7 Å². The number of halogens is 1.